The van der Waals surface area contributed by atoms with E-state index in [0.717, 1.165) is 17.5 Å². The molecule has 0 aliphatic rings. The van der Waals surface area contributed by atoms with Crippen LogP contribution in [-0.4, -0.2) is 18.8 Å². The number of rotatable bonds is 5. The second-order valence-corrected chi connectivity index (χ2v) is 3.34. The fourth-order valence-corrected chi connectivity index (χ4v) is 1.51. The Morgan fingerprint density at radius 1 is 1.53 bits per heavy atom. The Kier molecular flexibility index (Phi) is 4.18. The Morgan fingerprint density at radius 3 is 2.80 bits per heavy atom. The molecule has 0 fully saturated rings. The second-order valence-electron chi connectivity index (χ2n) is 3.34. The molecule has 1 rings (SSSR count). The van der Waals surface area contributed by atoms with Gasteiger partial charge in [0.15, 0.2) is 11.5 Å². The number of methoxy groups -OCH3 is 1. The lowest BCUT2D eigenvalue weighted by molar-refractivity contribution is 0.370. The molecule has 0 saturated carbocycles. The average molecular weight is 207 g/mol. The molecule has 15 heavy (non-hydrogen) atoms. The summed E-state index contributed by atoms with van der Waals surface area (Å²) in [5, 5.41) is 9.81. The molecule has 0 aliphatic carbocycles. The maximum Gasteiger partial charge on any atom is 0.161 e. The summed E-state index contributed by atoms with van der Waals surface area (Å²) < 4.78 is 5.09. The number of hydrogen-bond acceptors (Lipinski definition) is 3. The highest BCUT2D eigenvalue weighted by molar-refractivity contribution is 5.49. The van der Waals surface area contributed by atoms with Gasteiger partial charge in [0.2, 0.25) is 0 Å². The predicted octanol–water partition coefficient (Wildman–Crippen LogP) is 1.63. The molecule has 0 aromatic heterocycles. The Balaban J connectivity index is 3.12. The number of benzene rings is 1. The highest BCUT2D eigenvalue weighted by Gasteiger charge is 2.09. The first-order valence-electron chi connectivity index (χ1n) is 4.92. The van der Waals surface area contributed by atoms with E-state index in [1.165, 1.54) is 0 Å². The summed E-state index contributed by atoms with van der Waals surface area (Å²) in [7, 11) is 1.54. The molecule has 0 unspecified atom stereocenters. The first kappa shape index (κ1) is 11.6. The first-order chi connectivity index (χ1) is 7.22. The van der Waals surface area contributed by atoms with Crippen molar-refractivity contribution in [3.8, 4) is 11.5 Å². The SMILES string of the molecule is C=CCc1cc(CCN)c(O)c(OC)c1. The van der Waals surface area contributed by atoms with Gasteiger partial charge < -0.3 is 15.6 Å². The molecule has 0 heterocycles. The van der Waals surface area contributed by atoms with Gasteiger partial charge in [-0.3, -0.25) is 0 Å². The zero-order chi connectivity index (χ0) is 11.3. The number of phenols is 1. The first-order valence-corrected chi connectivity index (χ1v) is 4.92. The number of allylic oxidation sites excluding steroid dienone is 1. The van der Waals surface area contributed by atoms with E-state index in [9.17, 15) is 5.11 Å². The third-order valence-electron chi connectivity index (χ3n) is 2.23. The van der Waals surface area contributed by atoms with Gasteiger partial charge in [0.05, 0.1) is 7.11 Å². The fourth-order valence-electron chi connectivity index (χ4n) is 1.51. The van der Waals surface area contributed by atoms with Crippen molar-refractivity contribution in [2.45, 2.75) is 12.8 Å². The average Bonchev–Trinajstić information content (AvgIpc) is 2.23. The lowest BCUT2D eigenvalue weighted by atomic mass is 10.0. The molecule has 0 spiro atoms. The summed E-state index contributed by atoms with van der Waals surface area (Å²) in [6.45, 7) is 4.19. The highest BCUT2D eigenvalue weighted by Crippen LogP contribution is 2.31. The largest absolute Gasteiger partial charge is 0.504 e. The molecule has 0 bridgehead atoms. The van der Waals surface area contributed by atoms with E-state index in [1.54, 1.807) is 7.11 Å². The number of hydrogen-bond donors (Lipinski definition) is 2. The molecule has 0 atom stereocenters. The van der Waals surface area contributed by atoms with Crippen LogP contribution < -0.4 is 10.5 Å². The van der Waals surface area contributed by atoms with Gasteiger partial charge in [-0.1, -0.05) is 12.1 Å². The van der Waals surface area contributed by atoms with Crippen molar-refractivity contribution in [2.75, 3.05) is 13.7 Å². The lowest BCUT2D eigenvalue weighted by Gasteiger charge is -2.10. The normalized spacial score (nSPS) is 10.0. The molecule has 3 heteroatoms. The summed E-state index contributed by atoms with van der Waals surface area (Å²) in [4.78, 5) is 0. The van der Waals surface area contributed by atoms with Crippen LogP contribution in [0, 0.1) is 0 Å². The van der Waals surface area contributed by atoms with Crippen LogP contribution in [0.1, 0.15) is 11.1 Å². The quantitative estimate of drug-likeness (QED) is 0.721. The summed E-state index contributed by atoms with van der Waals surface area (Å²) in [5.41, 5.74) is 7.37. The van der Waals surface area contributed by atoms with Crippen molar-refractivity contribution in [1.29, 1.82) is 0 Å². The predicted molar refractivity (Wildman–Crippen MR) is 61.3 cm³/mol. The minimum Gasteiger partial charge on any atom is -0.504 e. The van der Waals surface area contributed by atoms with Gasteiger partial charge in [0.1, 0.15) is 0 Å². The van der Waals surface area contributed by atoms with E-state index >= 15 is 0 Å². The van der Waals surface area contributed by atoms with Crippen LogP contribution in [0.15, 0.2) is 24.8 Å². The van der Waals surface area contributed by atoms with Gasteiger partial charge in [0, 0.05) is 0 Å². The van der Waals surface area contributed by atoms with Crippen LogP contribution in [-0.2, 0) is 12.8 Å². The van der Waals surface area contributed by atoms with Crippen LogP contribution in [0.25, 0.3) is 0 Å². The smallest absolute Gasteiger partial charge is 0.161 e. The van der Waals surface area contributed by atoms with E-state index in [2.05, 4.69) is 6.58 Å². The Labute approximate surface area is 90.2 Å². The van der Waals surface area contributed by atoms with Crippen LogP contribution >= 0.6 is 0 Å². The topological polar surface area (TPSA) is 55.5 Å². The summed E-state index contributed by atoms with van der Waals surface area (Å²) >= 11 is 0. The highest BCUT2D eigenvalue weighted by atomic mass is 16.5. The molecular formula is C12H17NO2. The van der Waals surface area contributed by atoms with E-state index in [1.807, 2.05) is 18.2 Å². The molecule has 0 radical (unpaired) electrons. The fraction of sp³-hybridized carbons (Fsp3) is 0.333. The molecule has 1 aromatic rings. The van der Waals surface area contributed by atoms with Gasteiger partial charge in [-0.05, 0) is 36.6 Å². The molecule has 3 nitrogen and oxygen atoms in total. The number of nitrogens with two attached hydrogens (primary N) is 1. The molecule has 82 valence electrons. The van der Waals surface area contributed by atoms with E-state index < -0.39 is 0 Å². The van der Waals surface area contributed by atoms with Crippen molar-refractivity contribution in [3.05, 3.63) is 35.9 Å². The molecule has 0 amide bonds. The van der Waals surface area contributed by atoms with Gasteiger partial charge in [-0.25, -0.2) is 0 Å². The summed E-state index contributed by atoms with van der Waals surface area (Å²) in [6.07, 6.45) is 3.22. The summed E-state index contributed by atoms with van der Waals surface area (Å²) in [5.74, 6) is 0.688. The standard InChI is InChI=1S/C12H17NO2/c1-3-4-9-7-10(5-6-13)12(14)11(8-9)15-2/h3,7-8,14H,1,4-6,13H2,2H3. The van der Waals surface area contributed by atoms with Crippen LogP contribution in [0.5, 0.6) is 11.5 Å². The maximum absolute atomic E-state index is 9.81. The van der Waals surface area contributed by atoms with Gasteiger partial charge >= 0.3 is 0 Å². The Bertz CT molecular complexity index is 348. The molecule has 3 N–H and O–H groups in total. The minimum absolute atomic E-state index is 0.191. The van der Waals surface area contributed by atoms with Crippen LogP contribution in [0.4, 0.5) is 0 Å². The van der Waals surface area contributed by atoms with Crippen molar-refractivity contribution in [1.82, 2.24) is 0 Å². The van der Waals surface area contributed by atoms with Crippen LogP contribution in [0.2, 0.25) is 0 Å². The van der Waals surface area contributed by atoms with E-state index in [0.29, 0.717) is 18.7 Å². The van der Waals surface area contributed by atoms with Crippen LogP contribution in [0.3, 0.4) is 0 Å². The Morgan fingerprint density at radius 2 is 2.27 bits per heavy atom. The third kappa shape index (κ3) is 2.73. The summed E-state index contributed by atoms with van der Waals surface area (Å²) in [6, 6.07) is 3.75. The number of aromatic hydroxyl groups is 1. The van der Waals surface area contributed by atoms with Crippen molar-refractivity contribution < 1.29 is 9.84 Å². The van der Waals surface area contributed by atoms with Crippen molar-refractivity contribution in [2.24, 2.45) is 5.73 Å². The Hall–Kier alpha value is -1.48. The number of phenolic OH excluding ortho intramolecular Hbond substituents is 1. The zero-order valence-corrected chi connectivity index (χ0v) is 8.99. The van der Waals surface area contributed by atoms with Gasteiger partial charge in [-0.2, -0.15) is 0 Å². The van der Waals surface area contributed by atoms with Crippen molar-refractivity contribution in [3.63, 3.8) is 0 Å². The zero-order valence-electron chi connectivity index (χ0n) is 8.99. The van der Waals surface area contributed by atoms with Gasteiger partial charge in [0.25, 0.3) is 0 Å². The minimum atomic E-state index is 0.191. The molecule has 0 aliphatic heterocycles. The van der Waals surface area contributed by atoms with Crippen molar-refractivity contribution >= 4 is 0 Å². The lowest BCUT2D eigenvalue weighted by Crippen LogP contribution is -2.04. The number of ether oxygens (including phenoxy) is 1. The monoisotopic (exact) mass is 207 g/mol. The van der Waals surface area contributed by atoms with Gasteiger partial charge in [-0.15, -0.1) is 6.58 Å². The second kappa shape index (κ2) is 5.41. The molecule has 1 aromatic carbocycles. The third-order valence-corrected chi connectivity index (χ3v) is 2.23. The maximum atomic E-state index is 9.81. The molecular weight excluding hydrogens is 190 g/mol. The van der Waals surface area contributed by atoms with E-state index in [-0.39, 0.29) is 5.75 Å². The molecule has 0 saturated heterocycles. The van der Waals surface area contributed by atoms with E-state index in [4.69, 9.17) is 10.5 Å².